The molecule has 0 amide bonds. The first-order valence-electron chi connectivity index (χ1n) is 11.3. The first-order valence-corrected chi connectivity index (χ1v) is 11.6. The van der Waals surface area contributed by atoms with E-state index in [0.29, 0.717) is 29.2 Å². The van der Waals surface area contributed by atoms with Gasteiger partial charge in [-0.25, -0.2) is 4.98 Å². The Hall–Kier alpha value is -2.30. The van der Waals surface area contributed by atoms with Crippen molar-refractivity contribution in [2.75, 3.05) is 18.9 Å². The lowest BCUT2D eigenvalue weighted by Gasteiger charge is -2.41. The summed E-state index contributed by atoms with van der Waals surface area (Å²) in [5.74, 6) is -0.195. The number of likely N-dealkylation sites (N-methyl/N-ethyl adjacent to an activating group) is 1. The maximum absolute atomic E-state index is 13.5. The molecule has 2 heterocycles. The van der Waals surface area contributed by atoms with E-state index >= 15 is 0 Å². The van der Waals surface area contributed by atoms with Gasteiger partial charge in [-0.2, -0.15) is 9.49 Å². The molecule has 10 heteroatoms. The lowest BCUT2D eigenvalue weighted by Crippen LogP contribution is -2.50. The Labute approximate surface area is 198 Å². The van der Waals surface area contributed by atoms with Crippen LogP contribution in [0.1, 0.15) is 43.9 Å². The predicted octanol–water partition coefficient (Wildman–Crippen LogP) is 3.01. The molecule has 0 saturated heterocycles. The topological polar surface area (TPSA) is 113 Å². The second-order valence-electron chi connectivity index (χ2n) is 8.80. The largest absolute Gasteiger partial charge is 0.374 e. The van der Waals surface area contributed by atoms with Crippen molar-refractivity contribution in [1.82, 2.24) is 25.4 Å². The Morgan fingerprint density at radius 3 is 2.82 bits per heavy atom. The number of halogens is 2. The second kappa shape index (κ2) is 10.3. The van der Waals surface area contributed by atoms with E-state index < -0.39 is 12.2 Å². The number of aliphatic hydroxyl groups is 1. The molecule has 178 valence electrons. The van der Waals surface area contributed by atoms with Crippen molar-refractivity contribution in [3.05, 3.63) is 59.3 Å². The summed E-state index contributed by atoms with van der Waals surface area (Å²) in [6, 6.07) is 3.61. The van der Waals surface area contributed by atoms with Crippen molar-refractivity contribution in [2.24, 2.45) is 5.73 Å². The van der Waals surface area contributed by atoms with Gasteiger partial charge in [0.2, 0.25) is 5.95 Å². The number of allylic oxidation sites excluding steroid dienone is 2. The fourth-order valence-corrected chi connectivity index (χ4v) is 4.88. The zero-order valence-corrected chi connectivity index (χ0v) is 19.4. The zero-order valence-electron chi connectivity index (χ0n) is 18.6. The number of nitrogens with one attached hydrogen (secondary N) is 3. The molecule has 33 heavy (non-hydrogen) atoms. The Kier molecular flexibility index (Phi) is 7.45. The average molecular weight is 476 g/mol. The Morgan fingerprint density at radius 2 is 2.18 bits per heavy atom. The van der Waals surface area contributed by atoms with Crippen molar-refractivity contribution in [3.8, 4) is 0 Å². The Morgan fingerprint density at radius 1 is 1.39 bits per heavy atom. The number of nitrogens with zero attached hydrogens (tertiary/aromatic N) is 3. The van der Waals surface area contributed by atoms with E-state index in [9.17, 15) is 9.50 Å². The summed E-state index contributed by atoms with van der Waals surface area (Å²) in [5.41, 5.74) is 6.51. The Balaban J connectivity index is 1.51. The second-order valence-corrected chi connectivity index (χ2v) is 9.24. The van der Waals surface area contributed by atoms with Gasteiger partial charge in [-0.3, -0.25) is 4.68 Å². The number of pyridine rings is 1. The number of aliphatic hydroxyl groups excluding tert-OH is 1. The van der Waals surface area contributed by atoms with E-state index in [0.717, 1.165) is 43.7 Å². The summed E-state index contributed by atoms with van der Waals surface area (Å²) in [7, 11) is 1.93. The number of nitrogens with two attached hydrogens (primary N) is 1. The minimum Gasteiger partial charge on any atom is -0.374 e. The van der Waals surface area contributed by atoms with E-state index in [4.69, 9.17) is 22.4 Å². The van der Waals surface area contributed by atoms with Crippen LogP contribution in [-0.2, 0) is 5.54 Å². The van der Waals surface area contributed by atoms with Gasteiger partial charge in [0.05, 0.1) is 11.1 Å². The van der Waals surface area contributed by atoms with Gasteiger partial charge < -0.3 is 26.8 Å². The highest BCUT2D eigenvalue weighted by Crippen LogP contribution is 2.37. The third kappa shape index (κ3) is 5.62. The fraction of sp³-hybridized carbons (Fsp3) is 0.478. The molecule has 2 aromatic rings. The van der Waals surface area contributed by atoms with Crippen LogP contribution in [0.2, 0.25) is 0 Å². The summed E-state index contributed by atoms with van der Waals surface area (Å²) in [4.78, 5) is 3.57. The molecule has 2 aliphatic carbocycles. The van der Waals surface area contributed by atoms with Crippen molar-refractivity contribution in [3.63, 3.8) is 0 Å². The van der Waals surface area contributed by atoms with Crippen LogP contribution in [0.25, 0.3) is 0 Å². The first kappa shape index (κ1) is 23.8. The van der Waals surface area contributed by atoms with Crippen LogP contribution in [0.5, 0.6) is 0 Å². The molecule has 0 aliphatic heterocycles. The van der Waals surface area contributed by atoms with Crippen LogP contribution in [0.3, 0.4) is 0 Å². The summed E-state index contributed by atoms with van der Waals surface area (Å²) in [5, 5.41) is 25.8. The van der Waals surface area contributed by atoms with Crippen LogP contribution >= 0.6 is 11.6 Å². The molecular weight excluding hydrogens is 445 g/mol. The quantitative estimate of drug-likeness (QED) is 0.294. The predicted molar refractivity (Wildman–Crippen MR) is 128 cm³/mol. The number of rotatable bonds is 8. The van der Waals surface area contributed by atoms with E-state index in [-0.39, 0.29) is 5.54 Å². The van der Waals surface area contributed by atoms with Crippen LogP contribution in [-0.4, -0.2) is 45.5 Å². The molecule has 0 aromatic carbocycles. The average Bonchev–Trinajstić information content (AvgIpc) is 3.22. The Bertz CT molecular complexity index is 1010. The van der Waals surface area contributed by atoms with Gasteiger partial charge in [-0.15, -0.1) is 0 Å². The highest BCUT2D eigenvalue weighted by molar-refractivity contribution is 6.31. The van der Waals surface area contributed by atoms with Crippen molar-refractivity contribution < 1.29 is 9.50 Å². The van der Waals surface area contributed by atoms with Crippen LogP contribution in [0.4, 0.5) is 15.9 Å². The van der Waals surface area contributed by atoms with Crippen LogP contribution in [0, 0.1) is 5.95 Å². The molecule has 6 N–H and O–H groups in total. The molecule has 1 fully saturated rings. The number of hydrogen-bond acceptors (Lipinski definition) is 7. The van der Waals surface area contributed by atoms with Crippen molar-refractivity contribution >= 4 is 23.1 Å². The molecular formula is C23H31ClFN7O. The summed E-state index contributed by atoms with van der Waals surface area (Å²) in [6.45, 7) is 0.729. The van der Waals surface area contributed by atoms with Gasteiger partial charge in [-0.1, -0.05) is 23.8 Å². The minimum atomic E-state index is -1.21. The smallest absolute Gasteiger partial charge is 0.214 e. The van der Waals surface area contributed by atoms with Crippen molar-refractivity contribution in [1.29, 1.82) is 0 Å². The third-order valence-electron chi connectivity index (χ3n) is 6.46. The number of hydrogen-bond donors (Lipinski definition) is 5. The molecule has 2 aromatic heterocycles. The van der Waals surface area contributed by atoms with Crippen LogP contribution < -0.4 is 21.7 Å². The summed E-state index contributed by atoms with van der Waals surface area (Å²) >= 11 is 6.04. The molecule has 0 spiro atoms. The lowest BCUT2D eigenvalue weighted by molar-refractivity contribution is 0.146. The van der Waals surface area contributed by atoms with Gasteiger partial charge >= 0.3 is 0 Å². The number of aromatic nitrogens is 3. The normalized spacial score (nSPS) is 26.2. The van der Waals surface area contributed by atoms with Crippen molar-refractivity contribution in [2.45, 2.75) is 56.0 Å². The van der Waals surface area contributed by atoms with Gasteiger partial charge in [0.25, 0.3) is 0 Å². The molecule has 2 unspecified atom stereocenters. The fourth-order valence-electron chi connectivity index (χ4n) is 4.72. The van der Waals surface area contributed by atoms with Gasteiger partial charge in [0, 0.05) is 47.8 Å². The standard InChI is InChI=1S/C23H31ClFN7O/c1-27-14-23(9-6-17(7-10-23)29-16-4-2-15(24)3-5-16)32-13-19(21(26)33)22(31-32)30-18-8-11-28-20(25)12-18/h2-4,8,11-13,16-17,21,27,29,33H,5-7,9-10,14,26H2,1H3,(H,28,30,31). The lowest BCUT2D eigenvalue weighted by atomic mass is 9.79. The highest BCUT2D eigenvalue weighted by atomic mass is 35.5. The molecule has 0 bridgehead atoms. The molecule has 4 rings (SSSR count). The van der Waals surface area contributed by atoms with E-state index in [1.54, 1.807) is 12.3 Å². The molecule has 0 radical (unpaired) electrons. The molecule has 2 atom stereocenters. The van der Waals surface area contributed by atoms with E-state index in [1.807, 2.05) is 23.9 Å². The SMILES string of the molecule is CNCC1(n2cc(C(N)O)c(Nc3ccnc(F)c3)n2)CCC(NC2C=CC(Cl)=CC2)CC1. The maximum atomic E-state index is 13.5. The third-order valence-corrected chi connectivity index (χ3v) is 6.74. The minimum absolute atomic E-state index is 0.258. The van der Waals surface area contributed by atoms with E-state index in [2.05, 4.69) is 27.0 Å². The summed E-state index contributed by atoms with van der Waals surface area (Å²) < 4.78 is 15.4. The molecule has 8 nitrogen and oxygen atoms in total. The highest BCUT2D eigenvalue weighted by Gasteiger charge is 2.38. The number of anilines is 2. The monoisotopic (exact) mass is 475 g/mol. The zero-order chi connectivity index (χ0) is 23.4. The van der Waals surface area contributed by atoms with Gasteiger partial charge in [-0.05, 0) is 51.3 Å². The van der Waals surface area contributed by atoms with Gasteiger partial charge in [0.15, 0.2) is 5.82 Å². The molecule has 1 saturated carbocycles. The first-order chi connectivity index (χ1) is 15.9. The van der Waals surface area contributed by atoms with E-state index in [1.165, 1.54) is 12.3 Å². The molecule has 2 aliphatic rings. The van der Waals surface area contributed by atoms with Crippen LogP contribution in [0.15, 0.2) is 47.8 Å². The maximum Gasteiger partial charge on any atom is 0.214 e. The summed E-state index contributed by atoms with van der Waals surface area (Å²) in [6.07, 6.45) is 12.8. The van der Waals surface area contributed by atoms with Gasteiger partial charge in [0.1, 0.15) is 6.23 Å².